The van der Waals surface area contributed by atoms with E-state index in [2.05, 4.69) is 21.2 Å². The number of carbonyl (C=O) groups is 2. The highest BCUT2D eigenvalue weighted by Gasteiger charge is 2.13. The number of aromatic hydroxyl groups is 1. The molecule has 0 fully saturated rings. The van der Waals surface area contributed by atoms with E-state index in [0.29, 0.717) is 15.7 Å². The number of halogens is 1. The molecular formula is C14H11BrN2O4. The van der Waals surface area contributed by atoms with Gasteiger partial charge in [0, 0.05) is 21.4 Å². The van der Waals surface area contributed by atoms with Crippen LogP contribution >= 0.6 is 15.9 Å². The first-order valence-electron chi connectivity index (χ1n) is 5.81. The van der Waals surface area contributed by atoms with Crippen molar-refractivity contribution < 1.29 is 19.8 Å². The molecule has 0 saturated carbocycles. The third-order valence-corrected chi connectivity index (χ3v) is 3.43. The molecule has 2 aromatic carbocycles. The van der Waals surface area contributed by atoms with Crippen molar-refractivity contribution in [2.45, 2.75) is 0 Å². The zero-order valence-corrected chi connectivity index (χ0v) is 12.2. The number of carbonyl (C=O) groups excluding carboxylic acids is 1. The molecule has 0 bridgehead atoms. The molecule has 0 heterocycles. The first-order valence-corrected chi connectivity index (χ1v) is 6.60. The van der Waals surface area contributed by atoms with Crippen LogP contribution in [-0.2, 0) is 0 Å². The first-order chi connectivity index (χ1) is 9.88. The van der Waals surface area contributed by atoms with Gasteiger partial charge in [0.2, 0.25) is 0 Å². The minimum absolute atomic E-state index is 0.267. The number of nitrogen functional groups attached to an aromatic ring is 1. The number of nitrogens with two attached hydrogens (primary N) is 1. The van der Waals surface area contributed by atoms with Crippen LogP contribution in [0.15, 0.2) is 40.9 Å². The Morgan fingerprint density at radius 1 is 1.14 bits per heavy atom. The molecule has 21 heavy (non-hydrogen) atoms. The van der Waals surface area contributed by atoms with E-state index in [4.69, 9.17) is 10.8 Å². The summed E-state index contributed by atoms with van der Waals surface area (Å²) < 4.78 is 0.590. The molecule has 0 spiro atoms. The van der Waals surface area contributed by atoms with Crippen LogP contribution in [0.4, 0.5) is 11.4 Å². The minimum Gasteiger partial charge on any atom is -0.507 e. The Morgan fingerprint density at radius 3 is 2.48 bits per heavy atom. The van der Waals surface area contributed by atoms with E-state index in [9.17, 15) is 14.7 Å². The Labute approximate surface area is 128 Å². The maximum Gasteiger partial charge on any atom is 0.339 e. The van der Waals surface area contributed by atoms with E-state index < -0.39 is 11.9 Å². The topological polar surface area (TPSA) is 113 Å². The second-order valence-electron chi connectivity index (χ2n) is 4.23. The number of aromatic carboxylic acids is 1. The largest absolute Gasteiger partial charge is 0.507 e. The van der Waals surface area contributed by atoms with Crippen LogP contribution in [0, 0.1) is 0 Å². The van der Waals surface area contributed by atoms with Crippen molar-refractivity contribution >= 4 is 39.2 Å². The zero-order valence-electron chi connectivity index (χ0n) is 10.6. The Bertz CT molecular complexity index is 731. The molecule has 0 unspecified atom stereocenters. The van der Waals surface area contributed by atoms with Crippen LogP contribution in [0.3, 0.4) is 0 Å². The molecule has 0 aliphatic carbocycles. The Balaban J connectivity index is 2.25. The fraction of sp³-hybridized carbons (Fsp3) is 0. The average molecular weight is 351 g/mol. The van der Waals surface area contributed by atoms with Gasteiger partial charge in [0.05, 0.1) is 0 Å². The van der Waals surface area contributed by atoms with E-state index in [1.165, 1.54) is 18.2 Å². The third kappa shape index (κ3) is 3.32. The summed E-state index contributed by atoms with van der Waals surface area (Å²) in [5.74, 6) is -2.06. The van der Waals surface area contributed by atoms with Crippen molar-refractivity contribution in [2.75, 3.05) is 11.1 Å². The fourth-order valence-electron chi connectivity index (χ4n) is 1.66. The number of carboxylic acid groups (broad SMARTS) is 1. The number of phenols is 1. The van der Waals surface area contributed by atoms with Crippen molar-refractivity contribution in [1.29, 1.82) is 0 Å². The van der Waals surface area contributed by atoms with Gasteiger partial charge >= 0.3 is 5.97 Å². The zero-order chi connectivity index (χ0) is 15.6. The summed E-state index contributed by atoms with van der Waals surface area (Å²) in [6, 6.07) is 8.49. The third-order valence-electron chi connectivity index (χ3n) is 2.75. The van der Waals surface area contributed by atoms with Crippen LogP contribution in [-0.4, -0.2) is 22.1 Å². The second kappa shape index (κ2) is 5.84. The van der Waals surface area contributed by atoms with Crippen molar-refractivity contribution in [3.05, 3.63) is 52.0 Å². The van der Waals surface area contributed by atoms with Gasteiger partial charge in [0.25, 0.3) is 5.91 Å². The smallest absolute Gasteiger partial charge is 0.339 e. The molecule has 1 amide bonds. The normalized spacial score (nSPS) is 10.1. The van der Waals surface area contributed by atoms with Gasteiger partial charge in [-0.3, -0.25) is 4.79 Å². The van der Waals surface area contributed by atoms with Crippen LogP contribution in [0.1, 0.15) is 20.7 Å². The maximum absolute atomic E-state index is 12.1. The van der Waals surface area contributed by atoms with Gasteiger partial charge in [-0.15, -0.1) is 0 Å². The van der Waals surface area contributed by atoms with E-state index in [-0.39, 0.29) is 17.0 Å². The number of hydrogen-bond acceptors (Lipinski definition) is 4. The Morgan fingerprint density at radius 2 is 1.86 bits per heavy atom. The van der Waals surface area contributed by atoms with E-state index in [1.807, 2.05) is 0 Å². The predicted molar refractivity (Wildman–Crippen MR) is 81.6 cm³/mol. The monoisotopic (exact) mass is 350 g/mol. The number of amides is 1. The SMILES string of the molecule is Nc1ccc(C(=O)Nc2ccc(O)c(C(=O)O)c2)cc1Br. The van der Waals surface area contributed by atoms with E-state index in [0.717, 1.165) is 0 Å². The Kier molecular flexibility index (Phi) is 4.13. The number of nitrogens with one attached hydrogen (secondary N) is 1. The highest BCUT2D eigenvalue weighted by Crippen LogP contribution is 2.23. The van der Waals surface area contributed by atoms with Crippen LogP contribution in [0.5, 0.6) is 5.75 Å². The summed E-state index contributed by atoms with van der Waals surface area (Å²) in [7, 11) is 0. The summed E-state index contributed by atoms with van der Waals surface area (Å²) in [4.78, 5) is 23.0. The van der Waals surface area contributed by atoms with Crippen molar-refractivity contribution in [3.63, 3.8) is 0 Å². The Hall–Kier alpha value is -2.54. The molecule has 0 saturated heterocycles. The van der Waals surface area contributed by atoms with E-state index in [1.54, 1.807) is 18.2 Å². The van der Waals surface area contributed by atoms with Gasteiger partial charge < -0.3 is 21.3 Å². The number of anilines is 2. The van der Waals surface area contributed by atoms with Gasteiger partial charge in [0.1, 0.15) is 11.3 Å². The van der Waals surface area contributed by atoms with Crippen LogP contribution in [0.2, 0.25) is 0 Å². The van der Waals surface area contributed by atoms with Gasteiger partial charge in [-0.25, -0.2) is 4.79 Å². The molecule has 108 valence electrons. The molecule has 2 aromatic rings. The van der Waals surface area contributed by atoms with Crippen molar-refractivity contribution in [3.8, 4) is 5.75 Å². The van der Waals surface area contributed by atoms with Gasteiger partial charge in [0.15, 0.2) is 0 Å². The highest BCUT2D eigenvalue weighted by molar-refractivity contribution is 9.10. The van der Waals surface area contributed by atoms with Gasteiger partial charge in [-0.2, -0.15) is 0 Å². The standard InChI is InChI=1S/C14H11BrN2O4/c15-10-5-7(1-3-11(10)16)13(19)17-8-2-4-12(18)9(6-8)14(20)21/h1-6,18H,16H2,(H,17,19)(H,20,21). The lowest BCUT2D eigenvalue weighted by Gasteiger charge is -2.08. The summed E-state index contributed by atoms with van der Waals surface area (Å²) in [5.41, 5.74) is 6.49. The molecule has 0 aliphatic rings. The molecule has 7 heteroatoms. The maximum atomic E-state index is 12.1. The highest BCUT2D eigenvalue weighted by atomic mass is 79.9. The van der Waals surface area contributed by atoms with Crippen LogP contribution in [0.25, 0.3) is 0 Å². The number of carboxylic acids is 1. The van der Waals surface area contributed by atoms with Crippen molar-refractivity contribution in [2.24, 2.45) is 0 Å². The van der Waals surface area contributed by atoms with Crippen LogP contribution < -0.4 is 11.1 Å². The number of hydrogen-bond donors (Lipinski definition) is 4. The van der Waals surface area contributed by atoms with Crippen molar-refractivity contribution in [1.82, 2.24) is 0 Å². The lowest BCUT2D eigenvalue weighted by atomic mass is 10.1. The fourth-order valence-corrected chi connectivity index (χ4v) is 2.04. The quantitative estimate of drug-likeness (QED) is 0.502. The second-order valence-corrected chi connectivity index (χ2v) is 5.08. The molecule has 5 N–H and O–H groups in total. The average Bonchev–Trinajstić information content (AvgIpc) is 2.43. The molecule has 6 nitrogen and oxygen atoms in total. The number of benzene rings is 2. The summed E-state index contributed by atoms with van der Waals surface area (Å²) in [6.45, 7) is 0. The molecule has 0 radical (unpaired) electrons. The van der Waals surface area contributed by atoms with Gasteiger partial charge in [-0.1, -0.05) is 0 Å². The summed E-state index contributed by atoms with van der Waals surface area (Å²) in [6.07, 6.45) is 0. The lowest BCUT2D eigenvalue weighted by molar-refractivity contribution is 0.0693. The molecular weight excluding hydrogens is 340 g/mol. The van der Waals surface area contributed by atoms with Gasteiger partial charge in [-0.05, 0) is 52.3 Å². The molecule has 0 atom stereocenters. The predicted octanol–water partition coefficient (Wildman–Crippen LogP) is 2.69. The summed E-state index contributed by atoms with van der Waals surface area (Å²) in [5, 5.41) is 20.9. The molecule has 0 aliphatic heterocycles. The number of rotatable bonds is 3. The lowest BCUT2D eigenvalue weighted by Crippen LogP contribution is -2.12. The minimum atomic E-state index is -1.28. The molecule has 0 aromatic heterocycles. The first kappa shape index (κ1) is 14.9. The summed E-state index contributed by atoms with van der Waals surface area (Å²) >= 11 is 3.22. The van der Waals surface area contributed by atoms with E-state index >= 15 is 0 Å². The molecule has 2 rings (SSSR count).